The molecule has 16 heavy (non-hydrogen) atoms. The SMILES string of the molecule is CCNC(=NCC(C)(C)SC)NC(C)C.I. The summed E-state index contributed by atoms with van der Waals surface area (Å²) in [5.74, 6) is 0.912. The zero-order valence-electron chi connectivity index (χ0n) is 11.3. The van der Waals surface area contributed by atoms with Crippen molar-refractivity contribution in [2.24, 2.45) is 4.99 Å². The molecule has 0 bridgehead atoms. The molecule has 0 amide bonds. The highest BCUT2D eigenvalue weighted by Crippen LogP contribution is 2.20. The van der Waals surface area contributed by atoms with Crippen molar-refractivity contribution in [3.05, 3.63) is 0 Å². The molecule has 0 aromatic carbocycles. The fourth-order valence-corrected chi connectivity index (χ4v) is 1.12. The molecule has 0 heterocycles. The smallest absolute Gasteiger partial charge is 0.191 e. The van der Waals surface area contributed by atoms with Crippen LogP contribution in [0.4, 0.5) is 0 Å². The summed E-state index contributed by atoms with van der Waals surface area (Å²) in [7, 11) is 0. The van der Waals surface area contributed by atoms with Crippen LogP contribution in [0.25, 0.3) is 0 Å². The molecule has 0 aromatic rings. The highest BCUT2D eigenvalue weighted by molar-refractivity contribution is 14.0. The minimum Gasteiger partial charge on any atom is -0.357 e. The Morgan fingerprint density at radius 1 is 1.38 bits per heavy atom. The molecule has 0 aliphatic carbocycles. The van der Waals surface area contributed by atoms with Gasteiger partial charge in [0.05, 0.1) is 6.54 Å². The van der Waals surface area contributed by atoms with Gasteiger partial charge in [0, 0.05) is 17.3 Å². The maximum atomic E-state index is 4.57. The summed E-state index contributed by atoms with van der Waals surface area (Å²) in [6.07, 6.45) is 2.12. The monoisotopic (exact) mass is 359 g/mol. The van der Waals surface area contributed by atoms with Crippen molar-refractivity contribution in [2.75, 3.05) is 19.3 Å². The summed E-state index contributed by atoms with van der Waals surface area (Å²) in [5, 5.41) is 6.55. The second-order valence-electron chi connectivity index (χ2n) is 4.46. The van der Waals surface area contributed by atoms with Gasteiger partial charge in [-0.1, -0.05) is 0 Å². The van der Waals surface area contributed by atoms with Crippen LogP contribution < -0.4 is 10.6 Å². The first kappa shape index (κ1) is 18.7. The van der Waals surface area contributed by atoms with Gasteiger partial charge in [-0.25, -0.2) is 0 Å². The van der Waals surface area contributed by atoms with Crippen LogP contribution in [0.1, 0.15) is 34.6 Å². The Labute approximate surface area is 122 Å². The third-order valence-electron chi connectivity index (χ3n) is 1.94. The average molecular weight is 359 g/mol. The average Bonchev–Trinajstić information content (AvgIpc) is 2.14. The van der Waals surface area contributed by atoms with Crippen LogP contribution in [0, 0.1) is 0 Å². The van der Waals surface area contributed by atoms with Crippen LogP contribution in [0.15, 0.2) is 4.99 Å². The number of aliphatic imine (C=N–C) groups is 1. The van der Waals surface area contributed by atoms with Gasteiger partial charge in [-0.15, -0.1) is 24.0 Å². The van der Waals surface area contributed by atoms with Gasteiger partial charge in [0.25, 0.3) is 0 Å². The van der Waals surface area contributed by atoms with Crippen LogP contribution in [0.2, 0.25) is 0 Å². The van der Waals surface area contributed by atoms with Crippen LogP contribution in [0.5, 0.6) is 0 Å². The third kappa shape index (κ3) is 9.57. The first-order valence-corrected chi connectivity index (χ1v) is 6.73. The Kier molecular flexibility index (Phi) is 11.0. The van der Waals surface area contributed by atoms with Crippen molar-refractivity contribution in [2.45, 2.75) is 45.4 Å². The van der Waals surface area contributed by atoms with E-state index in [1.807, 2.05) is 11.8 Å². The van der Waals surface area contributed by atoms with Gasteiger partial charge in [-0.05, 0) is 40.9 Å². The fraction of sp³-hybridized carbons (Fsp3) is 0.909. The maximum absolute atomic E-state index is 4.57. The molecule has 0 aromatic heterocycles. The molecule has 0 unspecified atom stereocenters. The summed E-state index contributed by atoms with van der Waals surface area (Å²) in [4.78, 5) is 4.57. The molecule has 0 spiro atoms. The molecule has 3 nitrogen and oxygen atoms in total. The van der Waals surface area contributed by atoms with Gasteiger partial charge < -0.3 is 10.6 Å². The minimum absolute atomic E-state index is 0. The lowest BCUT2D eigenvalue weighted by Crippen LogP contribution is -2.41. The van der Waals surface area contributed by atoms with Crippen molar-refractivity contribution in [1.29, 1.82) is 0 Å². The summed E-state index contributed by atoms with van der Waals surface area (Å²) >= 11 is 1.84. The van der Waals surface area contributed by atoms with Crippen LogP contribution in [-0.2, 0) is 0 Å². The van der Waals surface area contributed by atoms with Crippen LogP contribution in [-0.4, -0.2) is 36.1 Å². The second-order valence-corrected chi connectivity index (χ2v) is 5.97. The number of nitrogens with one attached hydrogen (secondary N) is 2. The van der Waals surface area contributed by atoms with Crippen LogP contribution in [0.3, 0.4) is 0 Å². The minimum atomic E-state index is 0. The van der Waals surface area contributed by atoms with Crippen molar-refractivity contribution in [3.8, 4) is 0 Å². The predicted octanol–water partition coefficient (Wildman–Crippen LogP) is 2.71. The molecular formula is C11H26IN3S. The summed E-state index contributed by atoms with van der Waals surface area (Å²) < 4.78 is 0.208. The number of guanidine groups is 1. The van der Waals surface area contributed by atoms with Gasteiger partial charge in [0.1, 0.15) is 0 Å². The molecule has 0 fully saturated rings. The first-order chi connectivity index (χ1) is 6.91. The zero-order chi connectivity index (χ0) is 11.9. The number of halogens is 1. The number of hydrogen-bond donors (Lipinski definition) is 2. The topological polar surface area (TPSA) is 36.4 Å². The molecule has 0 aliphatic rings. The van der Waals surface area contributed by atoms with Crippen molar-refractivity contribution >= 4 is 41.7 Å². The summed E-state index contributed by atoms with van der Waals surface area (Å²) in [5.41, 5.74) is 0. The Hall–Kier alpha value is 0.350. The standard InChI is InChI=1S/C11H25N3S.HI/c1-7-12-10(14-9(2)3)13-8-11(4,5)15-6;/h9H,7-8H2,1-6H3,(H2,12,13,14);1H. The molecule has 98 valence electrons. The highest BCUT2D eigenvalue weighted by Gasteiger charge is 2.15. The van der Waals surface area contributed by atoms with Gasteiger partial charge in [-0.3, -0.25) is 4.99 Å². The largest absolute Gasteiger partial charge is 0.357 e. The van der Waals surface area contributed by atoms with Crippen molar-refractivity contribution in [1.82, 2.24) is 10.6 Å². The Morgan fingerprint density at radius 3 is 2.31 bits per heavy atom. The van der Waals surface area contributed by atoms with E-state index in [0.29, 0.717) is 6.04 Å². The van der Waals surface area contributed by atoms with Gasteiger partial charge in [0.2, 0.25) is 0 Å². The Bertz CT molecular complexity index is 205. The lowest BCUT2D eigenvalue weighted by Gasteiger charge is -2.21. The fourth-order valence-electron chi connectivity index (χ4n) is 0.927. The van der Waals surface area contributed by atoms with Crippen molar-refractivity contribution < 1.29 is 0 Å². The van der Waals surface area contributed by atoms with E-state index in [0.717, 1.165) is 19.0 Å². The predicted molar refractivity (Wildman–Crippen MR) is 87.3 cm³/mol. The van der Waals surface area contributed by atoms with Crippen LogP contribution >= 0.6 is 35.7 Å². The number of rotatable bonds is 5. The molecule has 5 heteroatoms. The van der Waals surface area contributed by atoms with E-state index in [-0.39, 0.29) is 28.7 Å². The van der Waals surface area contributed by atoms with E-state index in [9.17, 15) is 0 Å². The highest BCUT2D eigenvalue weighted by atomic mass is 127. The molecule has 0 saturated heterocycles. The molecule has 2 N–H and O–H groups in total. The molecule has 0 atom stereocenters. The lowest BCUT2D eigenvalue weighted by molar-refractivity contribution is 0.679. The van der Waals surface area contributed by atoms with E-state index >= 15 is 0 Å². The zero-order valence-corrected chi connectivity index (χ0v) is 14.4. The molecular weight excluding hydrogens is 333 g/mol. The van der Waals surface area contributed by atoms with E-state index < -0.39 is 0 Å². The summed E-state index contributed by atoms with van der Waals surface area (Å²) in [6.45, 7) is 12.5. The normalized spacial score (nSPS) is 12.3. The number of hydrogen-bond acceptors (Lipinski definition) is 2. The lowest BCUT2D eigenvalue weighted by atomic mass is 10.2. The van der Waals surface area contributed by atoms with E-state index in [4.69, 9.17) is 0 Å². The van der Waals surface area contributed by atoms with Gasteiger partial charge in [-0.2, -0.15) is 11.8 Å². The Balaban J connectivity index is 0. The van der Waals surface area contributed by atoms with Gasteiger partial charge in [0.15, 0.2) is 5.96 Å². The number of thioether (sulfide) groups is 1. The quantitative estimate of drug-likeness (QED) is 0.450. The van der Waals surface area contributed by atoms with Crippen molar-refractivity contribution in [3.63, 3.8) is 0 Å². The molecule has 0 radical (unpaired) electrons. The third-order valence-corrected chi connectivity index (χ3v) is 3.17. The van der Waals surface area contributed by atoms with Gasteiger partial charge >= 0.3 is 0 Å². The van der Waals surface area contributed by atoms with E-state index in [2.05, 4.69) is 56.5 Å². The second kappa shape index (κ2) is 9.39. The molecule has 0 saturated carbocycles. The summed E-state index contributed by atoms with van der Waals surface area (Å²) in [6, 6.07) is 0.417. The molecule has 0 aliphatic heterocycles. The Morgan fingerprint density at radius 2 is 1.94 bits per heavy atom. The maximum Gasteiger partial charge on any atom is 0.191 e. The number of nitrogens with zero attached hydrogens (tertiary/aromatic N) is 1. The molecule has 0 rings (SSSR count). The first-order valence-electron chi connectivity index (χ1n) is 5.51. The van der Waals surface area contributed by atoms with E-state index in [1.54, 1.807) is 0 Å². The van der Waals surface area contributed by atoms with E-state index in [1.165, 1.54) is 0 Å².